The van der Waals surface area contributed by atoms with Crippen molar-refractivity contribution >= 4 is 31.1 Å². The van der Waals surface area contributed by atoms with Crippen molar-refractivity contribution in [3.8, 4) is 21.9 Å². The van der Waals surface area contributed by atoms with Gasteiger partial charge in [-0.1, -0.05) is 0 Å². The zero-order chi connectivity index (χ0) is 14.0. The van der Waals surface area contributed by atoms with Gasteiger partial charge in [0.1, 0.15) is 4.21 Å². The molecule has 0 aliphatic carbocycles. The maximum absolute atomic E-state index is 11.2. The highest BCUT2D eigenvalue weighted by Gasteiger charge is 2.15. The lowest BCUT2D eigenvalue weighted by Crippen LogP contribution is -1.90. The minimum Gasteiger partial charge on any atom is -0.493 e. The molecule has 1 heterocycles. The molecule has 2 aromatic rings. The van der Waals surface area contributed by atoms with Crippen LogP contribution in [0.5, 0.6) is 11.5 Å². The number of halogens is 1. The van der Waals surface area contributed by atoms with Crippen LogP contribution in [0, 0.1) is 0 Å². The molecular formula is C12H11ClO4S2. The summed E-state index contributed by atoms with van der Waals surface area (Å²) in [5.74, 6) is 1.21. The van der Waals surface area contributed by atoms with Gasteiger partial charge in [0.05, 0.1) is 14.2 Å². The van der Waals surface area contributed by atoms with Crippen LogP contribution in [0.15, 0.2) is 34.5 Å². The topological polar surface area (TPSA) is 52.6 Å². The quantitative estimate of drug-likeness (QED) is 0.811. The molecule has 19 heavy (non-hydrogen) atoms. The van der Waals surface area contributed by atoms with E-state index in [0.29, 0.717) is 11.5 Å². The first-order valence-electron chi connectivity index (χ1n) is 5.22. The Bertz CT molecular complexity index is 692. The van der Waals surface area contributed by atoms with Gasteiger partial charge in [-0.15, -0.1) is 11.3 Å². The molecule has 0 spiro atoms. The summed E-state index contributed by atoms with van der Waals surface area (Å²) in [4.78, 5) is 0.792. The van der Waals surface area contributed by atoms with Crippen LogP contribution in [-0.4, -0.2) is 22.6 Å². The SMILES string of the molecule is COc1ccc(-c2ccc(S(=O)(=O)Cl)s2)cc1OC. The van der Waals surface area contributed by atoms with Gasteiger partial charge in [0.25, 0.3) is 9.05 Å². The highest BCUT2D eigenvalue weighted by molar-refractivity contribution is 8.15. The van der Waals surface area contributed by atoms with Crippen LogP contribution < -0.4 is 9.47 Å². The number of ether oxygens (including phenoxy) is 2. The molecule has 0 saturated heterocycles. The highest BCUT2D eigenvalue weighted by Crippen LogP contribution is 2.36. The van der Waals surface area contributed by atoms with Gasteiger partial charge < -0.3 is 9.47 Å². The molecule has 4 nitrogen and oxygen atoms in total. The summed E-state index contributed by atoms with van der Waals surface area (Å²) in [6.45, 7) is 0. The van der Waals surface area contributed by atoms with E-state index < -0.39 is 9.05 Å². The molecule has 102 valence electrons. The maximum Gasteiger partial charge on any atom is 0.270 e. The minimum absolute atomic E-state index is 0.124. The standard InChI is InChI=1S/C12H11ClO4S2/c1-16-9-4-3-8(7-10(9)17-2)11-5-6-12(18-11)19(13,14)15/h3-7H,1-2H3. The number of thiophene rings is 1. The van der Waals surface area contributed by atoms with E-state index in [9.17, 15) is 8.42 Å². The van der Waals surface area contributed by atoms with Crippen molar-refractivity contribution in [2.45, 2.75) is 4.21 Å². The monoisotopic (exact) mass is 318 g/mol. The summed E-state index contributed by atoms with van der Waals surface area (Å²) in [6.07, 6.45) is 0. The number of methoxy groups -OCH3 is 2. The average molecular weight is 319 g/mol. The maximum atomic E-state index is 11.2. The summed E-state index contributed by atoms with van der Waals surface area (Å²) in [6, 6.07) is 8.58. The van der Waals surface area contributed by atoms with Gasteiger partial charge in [-0.25, -0.2) is 8.42 Å². The predicted molar refractivity (Wildman–Crippen MR) is 75.9 cm³/mol. The van der Waals surface area contributed by atoms with Gasteiger partial charge in [-0.2, -0.15) is 0 Å². The summed E-state index contributed by atoms with van der Waals surface area (Å²) in [5.41, 5.74) is 0.842. The lowest BCUT2D eigenvalue weighted by atomic mass is 10.1. The van der Waals surface area contributed by atoms with Crippen molar-refractivity contribution in [2.75, 3.05) is 14.2 Å². The number of hydrogen-bond donors (Lipinski definition) is 0. The Labute approximate surface area is 120 Å². The van der Waals surface area contributed by atoms with E-state index in [4.69, 9.17) is 20.2 Å². The molecule has 0 aliphatic rings. The van der Waals surface area contributed by atoms with Crippen LogP contribution in [-0.2, 0) is 9.05 Å². The Morgan fingerprint density at radius 3 is 2.26 bits per heavy atom. The van der Waals surface area contributed by atoms with E-state index in [2.05, 4.69) is 0 Å². The van der Waals surface area contributed by atoms with E-state index in [1.54, 1.807) is 32.4 Å². The van der Waals surface area contributed by atoms with E-state index in [1.807, 2.05) is 6.07 Å². The van der Waals surface area contributed by atoms with E-state index in [0.717, 1.165) is 21.8 Å². The molecule has 0 atom stereocenters. The Morgan fingerprint density at radius 1 is 1.05 bits per heavy atom. The van der Waals surface area contributed by atoms with Crippen molar-refractivity contribution in [2.24, 2.45) is 0 Å². The summed E-state index contributed by atoms with van der Waals surface area (Å²) >= 11 is 1.11. The van der Waals surface area contributed by atoms with Gasteiger partial charge in [0.15, 0.2) is 11.5 Å². The largest absolute Gasteiger partial charge is 0.493 e. The molecule has 0 unspecified atom stereocenters. The Morgan fingerprint density at radius 2 is 1.74 bits per heavy atom. The summed E-state index contributed by atoms with van der Waals surface area (Å²) in [7, 11) is 4.72. The van der Waals surface area contributed by atoms with Crippen molar-refractivity contribution in [3.63, 3.8) is 0 Å². The average Bonchev–Trinajstić information content (AvgIpc) is 2.87. The van der Waals surface area contributed by atoms with Crippen LogP contribution in [0.4, 0.5) is 0 Å². The van der Waals surface area contributed by atoms with Crippen molar-refractivity contribution < 1.29 is 17.9 Å². The van der Waals surface area contributed by atoms with E-state index in [-0.39, 0.29) is 4.21 Å². The Balaban J connectivity index is 2.45. The van der Waals surface area contributed by atoms with Crippen LogP contribution >= 0.6 is 22.0 Å². The molecular weight excluding hydrogens is 308 g/mol. The number of hydrogen-bond acceptors (Lipinski definition) is 5. The highest BCUT2D eigenvalue weighted by atomic mass is 35.7. The van der Waals surface area contributed by atoms with Crippen LogP contribution in [0.3, 0.4) is 0 Å². The predicted octanol–water partition coefficient (Wildman–Crippen LogP) is 3.36. The smallest absolute Gasteiger partial charge is 0.270 e. The van der Waals surface area contributed by atoms with E-state index >= 15 is 0 Å². The second kappa shape index (κ2) is 5.40. The molecule has 1 aromatic heterocycles. The summed E-state index contributed by atoms with van der Waals surface area (Å²) in [5, 5.41) is 0. The fourth-order valence-corrected chi connectivity index (χ4v) is 3.67. The molecule has 0 amide bonds. The van der Waals surface area contributed by atoms with Crippen molar-refractivity contribution in [1.29, 1.82) is 0 Å². The molecule has 1 aromatic carbocycles. The second-order valence-corrected chi connectivity index (χ2v) is 7.50. The van der Waals surface area contributed by atoms with Crippen LogP contribution in [0.25, 0.3) is 10.4 Å². The van der Waals surface area contributed by atoms with Crippen molar-refractivity contribution in [3.05, 3.63) is 30.3 Å². The van der Waals surface area contributed by atoms with Gasteiger partial charge in [-0.05, 0) is 35.9 Å². The third-order valence-corrected chi connectivity index (χ3v) is 5.72. The lowest BCUT2D eigenvalue weighted by molar-refractivity contribution is 0.355. The molecule has 0 radical (unpaired) electrons. The second-order valence-electron chi connectivity index (χ2n) is 3.63. The van der Waals surface area contributed by atoms with E-state index in [1.165, 1.54) is 6.07 Å². The van der Waals surface area contributed by atoms with Gasteiger partial charge in [0, 0.05) is 15.6 Å². The zero-order valence-corrected chi connectivity index (χ0v) is 12.6. The van der Waals surface area contributed by atoms with Gasteiger partial charge >= 0.3 is 0 Å². The lowest BCUT2D eigenvalue weighted by Gasteiger charge is -2.08. The first kappa shape index (κ1) is 14.2. The number of rotatable bonds is 4. The molecule has 0 bridgehead atoms. The van der Waals surface area contributed by atoms with Crippen LogP contribution in [0.2, 0.25) is 0 Å². The third kappa shape index (κ3) is 3.02. The molecule has 0 saturated carbocycles. The Hall–Kier alpha value is -1.24. The Kier molecular flexibility index (Phi) is 4.03. The number of benzene rings is 1. The zero-order valence-electron chi connectivity index (χ0n) is 10.2. The van der Waals surface area contributed by atoms with Gasteiger partial charge in [0.2, 0.25) is 0 Å². The molecule has 7 heteroatoms. The third-order valence-electron chi connectivity index (χ3n) is 2.49. The van der Waals surface area contributed by atoms with Crippen LogP contribution in [0.1, 0.15) is 0 Å². The minimum atomic E-state index is -3.68. The normalized spacial score (nSPS) is 11.3. The summed E-state index contributed by atoms with van der Waals surface area (Å²) < 4.78 is 32.9. The molecule has 0 aliphatic heterocycles. The first-order chi connectivity index (χ1) is 8.95. The van der Waals surface area contributed by atoms with Gasteiger partial charge in [-0.3, -0.25) is 0 Å². The molecule has 0 fully saturated rings. The molecule has 0 N–H and O–H groups in total. The fourth-order valence-electron chi connectivity index (χ4n) is 1.60. The van der Waals surface area contributed by atoms with Crippen molar-refractivity contribution in [1.82, 2.24) is 0 Å². The fraction of sp³-hybridized carbons (Fsp3) is 0.167. The first-order valence-corrected chi connectivity index (χ1v) is 8.35. The molecule has 2 rings (SSSR count).